The summed E-state index contributed by atoms with van der Waals surface area (Å²) in [6.45, 7) is 0.520. The van der Waals surface area contributed by atoms with E-state index in [1.54, 1.807) is 12.1 Å². The molecule has 2 amide bonds. The van der Waals surface area contributed by atoms with Crippen LogP contribution in [0.25, 0.3) is 0 Å². The van der Waals surface area contributed by atoms with Gasteiger partial charge >= 0.3 is 0 Å². The van der Waals surface area contributed by atoms with E-state index in [1.807, 2.05) is 0 Å². The number of rotatable bonds is 7. The summed E-state index contributed by atoms with van der Waals surface area (Å²) >= 11 is 6.26. The van der Waals surface area contributed by atoms with Crippen LogP contribution in [0, 0.1) is 5.82 Å². The zero-order valence-electron chi connectivity index (χ0n) is 18.0. The fourth-order valence-corrected chi connectivity index (χ4v) is 3.36. The number of hydrogen-bond donors (Lipinski definition) is 2. The van der Waals surface area contributed by atoms with E-state index in [2.05, 4.69) is 10.6 Å². The smallest absolute Gasteiger partial charge is 0.262 e. The van der Waals surface area contributed by atoms with Gasteiger partial charge in [0.15, 0.2) is 29.6 Å². The number of halogens is 2. The van der Waals surface area contributed by atoms with Gasteiger partial charge in [0.05, 0.1) is 17.8 Å². The summed E-state index contributed by atoms with van der Waals surface area (Å²) in [5.74, 6) is 0.258. The molecular weight excluding hydrogens is 467 g/mol. The maximum atomic E-state index is 13.0. The summed E-state index contributed by atoms with van der Waals surface area (Å²) in [6.07, 6.45) is 0. The summed E-state index contributed by atoms with van der Waals surface area (Å²) in [5, 5.41) is 5.63. The monoisotopic (exact) mass is 486 g/mol. The molecule has 2 N–H and O–H groups in total. The second-order valence-corrected chi connectivity index (χ2v) is 7.55. The summed E-state index contributed by atoms with van der Waals surface area (Å²) in [5.41, 5.74) is 1.09. The van der Waals surface area contributed by atoms with Gasteiger partial charge in [-0.25, -0.2) is 4.39 Å². The van der Waals surface area contributed by atoms with Crippen LogP contribution in [0.5, 0.6) is 23.0 Å². The molecule has 0 atom stereocenters. The fraction of sp³-hybridized carbons (Fsp3) is 0.167. The number of methoxy groups -OCH3 is 1. The van der Waals surface area contributed by atoms with Gasteiger partial charge in [-0.05, 0) is 42.5 Å². The maximum absolute atomic E-state index is 13.0. The quantitative estimate of drug-likeness (QED) is 0.509. The molecule has 0 saturated heterocycles. The van der Waals surface area contributed by atoms with E-state index in [0.717, 1.165) is 0 Å². The summed E-state index contributed by atoms with van der Waals surface area (Å²) in [6, 6.07) is 13.1. The van der Waals surface area contributed by atoms with E-state index in [4.69, 9.17) is 30.5 Å². The number of benzene rings is 3. The SMILES string of the molecule is COc1cc(C(=O)Nc2cc3c(cc2Cl)OCCO3)ccc1OCC(=O)Nc1ccc(F)cc1. The third-order valence-corrected chi connectivity index (χ3v) is 5.11. The number of carbonyl (C=O) groups excluding carboxylic acids is 2. The molecule has 0 spiro atoms. The highest BCUT2D eigenvalue weighted by Gasteiger charge is 2.18. The molecule has 0 aliphatic carbocycles. The van der Waals surface area contributed by atoms with Crippen LogP contribution in [0.3, 0.4) is 0 Å². The van der Waals surface area contributed by atoms with Crippen LogP contribution in [0.1, 0.15) is 10.4 Å². The standard InChI is InChI=1S/C24H20ClFN2O6/c1-31-20-10-14(24(30)28-18-12-22-21(11-17(18)25)32-8-9-33-22)2-7-19(20)34-13-23(29)27-16-5-3-15(26)4-6-16/h2-7,10-12H,8-9,13H2,1H3,(H,27,29)(H,28,30). The Labute approximate surface area is 199 Å². The molecule has 0 saturated carbocycles. The first-order valence-electron chi connectivity index (χ1n) is 10.2. The molecule has 34 heavy (non-hydrogen) atoms. The Kier molecular flexibility index (Phi) is 7.03. The van der Waals surface area contributed by atoms with Gasteiger partial charge in [-0.2, -0.15) is 0 Å². The van der Waals surface area contributed by atoms with Crippen LogP contribution in [-0.4, -0.2) is 38.7 Å². The number of nitrogens with one attached hydrogen (secondary N) is 2. The van der Waals surface area contributed by atoms with Crippen molar-refractivity contribution in [1.29, 1.82) is 0 Å². The first-order chi connectivity index (χ1) is 16.4. The van der Waals surface area contributed by atoms with E-state index in [1.165, 1.54) is 49.6 Å². The number of hydrogen-bond acceptors (Lipinski definition) is 6. The van der Waals surface area contributed by atoms with Crippen molar-refractivity contribution in [3.8, 4) is 23.0 Å². The highest BCUT2D eigenvalue weighted by molar-refractivity contribution is 6.34. The minimum atomic E-state index is -0.441. The molecule has 1 aliphatic rings. The van der Waals surface area contributed by atoms with Crippen molar-refractivity contribution in [3.63, 3.8) is 0 Å². The molecule has 4 rings (SSSR count). The van der Waals surface area contributed by atoms with Crippen LogP contribution in [0.4, 0.5) is 15.8 Å². The molecule has 3 aromatic carbocycles. The molecular formula is C24H20ClFN2O6. The summed E-state index contributed by atoms with van der Waals surface area (Å²) in [4.78, 5) is 24.9. The van der Waals surface area contributed by atoms with Gasteiger partial charge in [0.1, 0.15) is 19.0 Å². The van der Waals surface area contributed by atoms with Crippen molar-refractivity contribution < 1.29 is 32.9 Å². The lowest BCUT2D eigenvalue weighted by Gasteiger charge is -2.20. The van der Waals surface area contributed by atoms with Crippen LogP contribution < -0.4 is 29.6 Å². The Morgan fingerprint density at radius 3 is 2.38 bits per heavy atom. The number of fused-ring (bicyclic) bond motifs is 1. The molecule has 0 radical (unpaired) electrons. The van der Waals surface area contributed by atoms with Gasteiger partial charge in [-0.15, -0.1) is 0 Å². The average Bonchev–Trinajstić information content (AvgIpc) is 2.84. The number of ether oxygens (including phenoxy) is 4. The molecule has 0 fully saturated rings. The van der Waals surface area contributed by atoms with Crippen LogP contribution in [0.2, 0.25) is 5.02 Å². The lowest BCUT2D eigenvalue weighted by Crippen LogP contribution is -2.20. The van der Waals surface area contributed by atoms with Crippen molar-refractivity contribution in [3.05, 3.63) is 71.0 Å². The topological polar surface area (TPSA) is 95.1 Å². The van der Waals surface area contributed by atoms with Crippen LogP contribution in [-0.2, 0) is 4.79 Å². The fourth-order valence-electron chi connectivity index (χ4n) is 3.16. The van der Waals surface area contributed by atoms with Crippen molar-refractivity contribution >= 4 is 34.8 Å². The summed E-state index contributed by atoms with van der Waals surface area (Å²) < 4.78 is 34.8. The third-order valence-electron chi connectivity index (χ3n) is 4.79. The second-order valence-electron chi connectivity index (χ2n) is 7.14. The minimum Gasteiger partial charge on any atom is -0.493 e. The lowest BCUT2D eigenvalue weighted by molar-refractivity contribution is -0.118. The Bertz CT molecular complexity index is 1220. The molecule has 0 bridgehead atoms. The number of carbonyl (C=O) groups is 2. The molecule has 8 nitrogen and oxygen atoms in total. The molecule has 176 valence electrons. The normalized spacial score (nSPS) is 12.0. The minimum absolute atomic E-state index is 0.260. The third kappa shape index (κ3) is 5.49. The van der Waals surface area contributed by atoms with Gasteiger partial charge in [0.25, 0.3) is 11.8 Å². The largest absolute Gasteiger partial charge is 0.493 e. The molecule has 0 unspecified atom stereocenters. The molecule has 10 heteroatoms. The molecule has 1 aliphatic heterocycles. The van der Waals surface area contributed by atoms with E-state index in [0.29, 0.717) is 41.1 Å². The van der Waals surface area contributed by atoms with Gasteiger partial charge in [-0.3, -0.25) is 9.59 Å². The van der Waals surface area contributed by atoms with Crippen molar-refractivity contribution in [2.24, 2.45) is 0 Å². The maximum Gasteiger partial charge on any atom is 0.262 e. The van der Waals surface area contributed by atoms with E-state index >= 15 is 0 Å². The lowest BCUT2D eigenvalue weighted by atomic mass is 10.1. The van der Waals surface area contributed by atoms with E-state index < -0.39 is 17.6 Å². The van der Waals surface area contributed by atoms with E-state index in [9.17, 15) is 14.0 Å². The first-order valence-corrected chi connectivity index (χ1v) is 10.6. The van der Waals surface area contributed by atoms with Crippen LogP contribution >= 0.6 is 11.6 Å². The molecule has 1 heterocycles. The molecule has 0 aromatic heterocycles. The summed E-state index contributed by atoms with van der Waals surface area (Å²) in [7, 11) is 1.42. The average molecular weight is 487 g/mol. The predicted octanol–water partition coefficient (Wildman–Crippen LogP) is 4.53. The zero-order chi connectivity index (χ0) is 24.1. The highest BCUT2D eigenvalue weighted by atomic mass is 35.5. The Morgan fingerprint density at radius 2 is 1.68 bits per heavy atom. The van der Waals surface area contributed by atoms with Gasteiger partial charge in [0, 0.05) is 23.4 Å². The Balaban J connectivity index is 1.41. The number of amides is 2. The zero-order valence-corrected chi connectivity index (χ0v) is 18.8. The van der Waals surface area contributed by atoms with Crippen molar-refractivity contribution in [2.75, 3.05) is 37.6 Å². The Morgan fingerprint density at radius 1 is 0.971 bits per heavy atom. The van der Waals surface area contributed by atoms with Gasteiger partial charge < -0.3 is 29.6 Å². The van der Waals surface area contributed by atoms with Gasteiger partial charge in [0.2, 0.25) is 0 Å². The van der Waals surface area contributed by atoms with Crippen molar-refractivity contribution in [2.45, 2.75) is 0 Å². The highest BCUT2D eigenvalue weighted by Crippen LogP contribution is 2.38. The van der Waals surface area contributed by atoms with Crippen molar-refractivity contribution in [1.82, 2.24) is 0 Å². The number of anilines is 2. The second kappa shape index (κ2) is 10.3. The Hall–Kier alpha value is -3.98. The van der Waals surface area contributed by atoms with Gasteiger partial charge in [-0.1, -0.05) is 11.6 Å². The van der Waals surface area contributed by atoms with E-state index in [-0.39, 0.29) is 23.7 Å². The predicted molar refractivity (Wildman–Crippen MR) is 124 cm³/mol. The molecule has 3 aromatic rings. The first kappa shape index (κ1) is 23.2. The van der Waals surface area contributed by atoms with Crippen LogP contribution in [0.15, 0.2) is 54.6 Å².